The lowest BCUT2D eigenvalue weighted by molar-refractivity contribution is -0.435. The number of ether oxygens (including phenoxy) is 1. The minimum absolute atomic E-state index is 0.293. The third-order valence-corrected chi connectivity index (χ3v) is 2.04. The van der Waals surface area contributed by atoms with E-state index in [1.165, 1.54) is 0 Å². The maximum absolute atomic E-state index is 12.6. The van der Waals surface area contributed by atoms with Gasteiger partial charge in [0.05, 0.1) is 0 Å². The minimum Gasteiger partial charge on any atom is -0.319 e. The van der Waals surface area contributed by atoms with E-state index in [9.17, 15) is 52.7 Å². The van der Waals surface area contributed by atoms with Gasteiger partial charge in [0.25, 0.3) is 6.17 Å². The highest BCUT2D eigenvalue weighted by Crippen LogP contribution is 2.55. The van der Waals surface area contributed by atoms with Gasteiger partial charge in [-0.25, -0.2) is 4.39 Å². The first-order valence-electron chi connectivity index (χ1n) is 4.24. The van der Waals surface area contributed by atoms with Crippen molar-refractivity contribution < 1.29 is 57.4 Å². The topological polar surface area (TPSA) is 9.23 Å². The lowest BCUT2D eigenvalue weighted by atomic mass is 9.99. The Hall–Kier alpha value is -0.880. The lowest BCUT2D eigenvalue weighted by Crippen LogP contribution is -2.66. The molecule has 0 aliphatic carbocycles. The van der Waals surface area contributed by atoms with Crippen LogP contribution >= 0.6 is 0 Å². The van der Waals surface area contributed by atoms with Crippen LogP contribution in [-0.2, 0) is 4.74 Å². The van der Waals surface area contributed by atoms with E-state index in [0.717, 1.165) is 0 Å². The lowest BCUT2D eigenvalue weighted by Gasteiger charge is -2.37. The molecule has 0 amide bonds. The zero-order valence-corrected chi connectivity index (χ0v) is 9.02. The highest BCUT2D eigenvalue weighted by Gasteiger charge is 2.85. The second-order valence-electron chi connectivity index (χ2n) is 3.40. The summed E-state index contributed by atoms with van der Waals surface area (Å²) in [7, 11) is -0.293. The molecule has 13 heteroatoms. The highest BCUT2D eigenvalue weighted by atomic mass is 19.4. The molecular formula is C7H4F12O. The molecular weight excluding hydrogens is 328 g/mol. The van der Waals surface area contributed by atoms with Crippen molar-refractivity contribution in [3.8, 4) is 0 Å². The molecule has 0 rings (SSSR count). The molecule has 0 aromatic carbocycles. The van der Waals surface area contributed by atoms with E-state index in [1.807, 2.05) is 0 Å². The smallest absolute Gasteiger partial charge is 0.319 e. The fourth-order valence-electron chi connectivity index (χ4n) is 0.885. The first-order valence-corrected chi connectivity index (χ1v) is 4.24. The quantitative estimate of drug-likeness (QED) is 0.691. The van der Waals surface area contributed by atoms with Crippen molar-refractivity contribution in [2.45, 2.75) is 36.2 Å². The second-order valence-corrected chi connectivity index (χ2v) is 3.40. The van der Waals surface area contributed by atoms with Crippen molar-refractivity contribution in [1.29, 1.82) is 0 Å². The number of halogens is 12. The Balaban J connectivity index is 5.85. The number of alkyl halides is 12. The number of hydrogen-bond acceptors (Lipinski definition) is 1. The summed E-state index contributed by atoms with van der Waals surface area (Å²) >= 11 is 0. The number of methoxy groups -OCH3 is 1. The van der Waals surface area contributed by atoms with Gasteiger partial charge in [-0.3, -0.25) is 0 Å². The number of rotatable bonds is 5. The molecule has 122 valence electrons. The minimum atomic E-state index is -7.38. The molecule has 0 aromatic heterocycles. The standard InChI is InChI=1S/C7H4F12O/c1-20-7(18,19)6(16,17)5(14,15)3(9,10)2(8)4(11,12)13/h2H,1H3. The van der Waals surface area contributed by atoms with Crippen LogP contribution in [0.15, 0.2) is 0 Å². The molecule has 0 heterocycles. The van der Waals surface area contributed by atoms with Crippen molar-refractivity contribution in [2.75, 3.05) is 7.11 Å². The average Bonchev–Trinajstić information content (AvgIpc) is 2.25. The van der Waals surface area contributed by atoms with E-state index in [2.05, 4.69) is 4.74 Å². The van der Waals surface area contributed by atoms with Crippen LogP contribution in [0.5, 0.6) is 0 Å². The summed E-state index contributed by atoms with van der Waals surface area (Å²) in [5.74, 6) is -21.6. The fraction of sp³-hybridized carbons (Fsp3) is 1.00. The SMILES string of the molecule is COC(F)(F)C(F)(F)C(F)(F)C(F)(F)C(F)C(F)(F)F. The summed E-state index contributed by atoms with van der Waals surface area (Å²) < 4.78 is 150. The van der Waals surface area contributed by atoms with Gasteiger partial charge in [0.15, 0.2) is 0 Å². The van der Waals surface area contributed by atoms with E-state index in [0.29, 0.717) is 0 Å². The maximum Gasteiger partial charge on any atom is 0.425 e. The molecule has 0 aromatic rings. The molecule has 20 heavy (non-hydrogen) atoms. The third-order valence-electron chi connectivity index (χ3n) is 2.04. The van der Waals surface area contributed by atoms with E-state index < -0.39 is 36.2 Å². The fourth-order valence-corrected chi connectivity index (χ4v) is 0.885. The zero-order valence-electron chi connectivity index (χ0n) is 9.02. The predicted molar refractivity (Wildman–Crippen MR) is 37.7 cm³/mol. The Morgan fingerprint density at radius 2 is 1.05 bits per heavy atom. The Bertz CT molecular complexity index is 344. The van der Waals surface area contributed by atoms with E-state index in [-0.39, 0.29) is 7.11 Å². The van der Waals surface area contributed by atoms with Crippen LogP contribution in [0.1, 0.15) is 0 Å². The monoisotopic (exact) mass is 332 g/mol. The molecule has 0 saturated carbocycles. The van der Waals surface area contributed by atoms with Gasteiger partial charge in [0.1, 0.15) is 0 Å². The largest absolute Gasteiger partial charge is 0.425 e. The van der Waals surface area contributed by atoms with Crippen LogP contribution in [-0.4, -0.2) is 43.3 Å². The molecule has 0 radical (unpaired) electrons. The summed E-state index contributed by atoms with van der Waals surface area (Å²) in [6.45, 7) is 0. The van der Waals surface area contributed by atoms with Gasteiger partial charge >= 0.3 is 30.1 Å². The van der Waals surface area contributed by atoms with Crippen LogP contribution in [0.25, 0.3) is 0 Å². The summed E-state index contributed by atoms with van der Waals surface area (Å²) in [4.78, 5) is 0. The molecule has 1 atom stereocenters. The van der Waals surface area contributed by atoms with Gasteiger partial charge < -0.3 is 4.74 Å². The third kappa shape index (κ3) is 2.63. The van der Waals surface area contributed by atoms with Crippen molar-refractivity contribution in [3.63, 3.8) is 0 Å². The molecule has 0 saturated heterocycles. The van der Waals surface area contributed by atoms with Crippen molar-refractivity contribution in [1.82, 2.24) is 0 Å². The highest BCUT2D eigenvalue weighted by molar-refractivity contribution is 5.05. The molecule has 0 N–H and O–H groups in total. The Labute approximate surface area is 102 Å². The van der Waals surface area contributed by atoms with Gasteiger partial charge in [0, 0.05) is 7.11 Å². The predicted octanol–water partition coefficient (Wildman–Crippen LogP) is 4.03. The van der Waals surface area contributed by atoms with Gasteiger partial charge in [-0.15, -0.1) is 0 Å². The Morgan fingerprint density at radius 3 is 1.30 bits per heavy atom. The Kier molecular flexibility index (Phi) is 4.63. The van der Waals surface area contributed by atoms with Crippen molar-refractivity contribution in [3.05, 3.63) is 0 Å². The first kappa shape index (κ1) is 19.1. The Morgan fingerprint density at radius 1 is 0.700 bits per heavy atom. The molecule has 1 unspecified atom stereocenters. The number of hydrogen-bond donors (Lipinski definition) is 0. The zero-order chi connectivity index (χ0) is 16.8. The van der Waals surface area contributed by atoms with Crippen LogP contribution < -0.4 is 0 Å². The molecule has 1 nitrogen and oxygen atoms in total. The molecule has 0 aliphatic heterocycles. The summed E-state index contributed by atoms with van der Waals surface area (Å²) in [5.41, 5.74) is 0. The van der Waals surface area contributed by atoms with Gasteiger partial charge in [0.2, 0.25) is 0 Å². The van der Waals surface area contributed by atoms with Gasteiger partial charge in [-0.05, 0) is 0 Å². The maximum atomic E-state index is 12.6. The summed E-state index contributed by atoms with van der Waals surface area (Å²) in [6, 6.07) is 0. The van der Waals surface area contributed by atoms with Crippen LogP contribution in [0.2, 0.25) is 0 Å². The van der Waals surface area contributed by atoms with E-state index in [4.69, 9.17) is 0 Å². The van der Waals surface area contributed by atoms with Crippen molar-refractivity contribution >= 4 is 0 Å². The summed E-state index contributed by atoms with van der Waals surface area (Å²) in [6.07, 6.45) is -18.7. The van der Waals surface area contributed by atoms with Crippen LogP contribution in [0.4, 0.5) is 52.7 Å². The van der Waals surface area contributed by atoms with E-state index >= 15 is 0 Å². The summed E-state index contributed by atoms with van der Waals surface area (Å²) in [5, 5.41) is 0. The molecule has 0 bridgehead atoms. The molecule has 0 aliphatic rings. The van der Waals surface area contributed by atoms with Gasteiger partial charge in [-0.1, -0.05) is 0 Å². The molecule has 0 fully saturated rings. The molecule has 0 spiro atoms. The normalized spacial score (nSPS) is 17.2. The average molecular weight is 332 g/mol. The second kappa shape index (κ2) is 4.84. The van der Waals surface area contributed by atoms with Crippen LogP contribution in [0, 0.1) is 0 Å². The van der Waals surface area contributed by atoms with E-state index in [1.54, 1.807) is 0 Å². The van der Waals surface area contributed by atoms with Crippen molar-refractivity contribution in [2.24, 2.45) is 0 Å². The van der Waals surface area contributed by atoms with Gasteiger partial charge in [-0.2, -0.15) is 48.3 Å². The first-order chi connectivity index (χ1) is 8.47. The van der Waals surface area contributed by atoms with Crippen LogP contribution in [0.3, 0.4) is 0 Å².